The molecule has 0 atom stereocenters. The van der Waals surface area contributed by atoms with E-state index in [0.717, 1.165) is 31.7 Å². The van der Waals surface area contributed by atoms with E-state index in [1.807, 2.05) is 0 Å². The second-order valence-electron chi connectivity index (χ2n) is 9.54. The Kier molecular flexibility index (Phi) is 8.37. The van der Waals surface area contributed by atoms with Gasteiger partial charge in [0.05, 0.1) is 18.3 Å². The van der Waals surface area contributed by atoms with Gasteiger partial charge in [0.1, 0.15) is 6.10 Å². The number of carbonyl (C=O) groups excluding carboxylic acids is 1. The minimum atomic E-state index is -0.748. The van der Waals surface area contributed by atoms with Crippen LogP contribution in [0.1, 0.15) is 91.6 Å². The van der Waals surface area contributed by atoms with Crippen molar-refractivity contribution in [3.8, 4) is 5.75 Å². The molecule has 0 radical (unpaired) electrons. The van der Waals surface area contributed by atoms with Crippen molar-refractivity contribution in [1.82, 2.24) is 0 Å². The second-order valence-corrected chi connectivity index (χ2v) is 9.54. The van der Waals surface area contributed by atoms with E-state index < -0.39 is 23.4 Å². The first-order chi connectivity index (χ1) is 16.9. The van der Waals surface area contributed by atoms with Crippen molar-refractivity contribution < 1.29 is 32.2 Å². The van der Waals surface area contributed by atoms with E-state index in [2.05, 4.69) is 0 Å². The van der Waals surface area contributed by atoms with Gasteiger partial charge in [0, 0.05) is 7.11 Å². The number of carbonyl (C=O) groups is 1. The van der Waals surface area contributed by atoms with Crippen molar-refractivity contribution in [1.29, 1.82) is 0 Å². The van der Waals surface area contributed by atoms with E-state index in [-0.39, 0.29) is 35.4 Å². The van der Waals surface area contributed by atoms with Gasteiger partial charge in [0.25, 0.3) is 0 Å². The summed E-state index contributed by atoms with van der Waals surface area (Å²) in [5.41, 5.74) is 0.984. The van der Waals surface area contributed by atoms with Crippen LogP contribution in [-0.2, 0) is 9.47 Å². The molecule has 4 rings (SSSR count). The number of hydrogen-bond donors (Lipinski definition) is 0. The van der Waals surface area contributed by atoms with E-state index in [1.54, 1.807) is 26.2 Å². The van der Waals surface area contributed by atoms with E-state index >= 15 is 8.78 Å². The van der Waals surface area contributed by atoms with Crippen LogP contribution in [0.2, 0.25) is 0 Å². The zero-order chi connectivity index (χ0) is 24.9. The van der Waals surface area contributed by atoms with Crippen molar-refractivity contribution in [2.75, 3.05) is 13.7 Å². The molecule has 0 spiro atoms. The number of hydrogen-bond acceptors (Lipinski definition) is 4. The predicted octanol–water partition coefficient (Wildman–Crippen LogP) is 7.06. The van der Waals surface area contributed by atoms with Crippen LogP contribution in [-0.4, -0.2) is 31.9 Å². The minimum Gasteiger partial charge on any atom is -0.491 e. The first kappa shape index (κ1) is 25.5. The quantitative estimate of drug-likeness (QED) is 0.390. The van der Waals surface area contributed by atoms with Gasteiger partial charge in [-0.25, -0.2) is 18.0 Å². The molecule has 0 amide bonds. The highest BCUT2D eigenvalue weighted by Gasteiger charge is 2.31. The van der Waals surface area contributed by atoms with E-state index in [4.69, 9.17) is 14.2 Å². The number of benzene rings is 2. The van der Waals surface area contributed by atoms with Gasteiger partial charge in [-0.05, 0) is 99.5 Å². The molecule has 0 bridgehead atoms. The first-order valence-electron chi connectivity index (χ1n) is 12.5. The Balaban J connectivity index is 1.34. The highest BCUT2D eigenvalue weighted by molar-refractivity contribution is 5.89. The van der Waals surface area contributed by atoms with Crippen molar-refractivity contribution in [2.24, 2.45) is 0 Å². The third-order valence-electron chi connectivity index (χ3n) is 7.44. The molecule has 0 heterocycles. The lowest BCUT2D eigenvalue weighted by Gasteiger charge is -2.30. The number of halogens is 3. The van der Waals surface area contributed by atoms with Gasteiger partial charge < -0.3 is 14.2 Å². The summed E-state index contributed by atoms with van der Waals surface area (Å²) in [5, 5.41) is 0. The third kappa shape index (κ3) is 5.83. The first-order valence-corrected chi connectivity index (χ1v) is 12.5. The molecule has 2 aromatic carbocycles. The van der Waals surface area contributed by atoms with Crippen molar-refractivity contribution in [3.63, 3.8) is 0 Å². The van der Waals surface area contributed by atoms with Gasteiger partial charge in [-0.1, -0.05) is 12.1 Å². The Hall–Kier alpha value is -2.54. The van der Waals surface area contributed by atoms with Crippen LogP contribution in [0, 0.1) is 17.5 Å². The Morgan fingerprint density at radius 2 is 1.37 bits per heavy atom. The molecule has 35 heavy (non-hydrogen) atoms. The van der Waals surface area contributed by atoms with Crippen LogP contribution >= 0.6 is 0 Å². The molecule has 2 aromatic rings. The summed E-state index contributed by atoms with van der Waals surface area (Å²) in [6, 6.07) is 7.48. The van der Waals surface area contributed by atoms with Crippen LogP contribution in [0.4, 0.5) is 13.2 Å². The fraction of sp³-hybridized carbons (Fsp3) is 0.536. The van der Waals surface area contributed by atoms with Gasteiger partial charge >= 0.3 is 5.97 Å². The molecule has 0 unspecified atom stereocenters. The number of methoxy groups -OCH3 is 1. The van der Waals surface area contributed by atoms with Gasteiger partial charge in [-0.15, -0.1) is 0 Å². The summed E-state index contributed by atoms with van der Waals surface area (Å²) in [6.45, 7) is 2.08. The summed E-state index contributed by atoms with van der Waals surface area (Å²) in [5.74, 6) is -2.70. The topological polar surface area (TPSA) is 44.8 Å². The van der Waals surface area contributed by atoms with Crippen LogP contribution in [0.5, 0.6) is 5.75 Å². The molecule has 2 aliphatic rings. The lowest BCUT2D eigenvalue weighted by atomic mass is 9.79. The third-order valence-corrected chi connectivity index (χ3v) is 7.44. The standard InChI is InChI=1S/C28H33F3O4/c1-3-34-25-15-8-19(16-24(25)29)28(32)35-21-11-6-18(7-12-21)23-14-13-22(26(30)27(23)31)17-4-9-20(33-2)10-5-17/h8,13-18,20-21H,3-7,9-12H2,1-2H3. The van der Waals surface area contributed by atoms with Crippen LogP contribution in [0.3, 0.4) is 0 Å². The van der Waals surface area contributed by atoms with Gasteiger partial charge in [-0.3, -0.25) is 0 Å². The van der Waals surface area contributed by atoms with Crippen LogP contribution < -0.4 is 4.74 Å². The Bertz CT molecular complexity index is 1030. The van der Waals surface area contributed by atoms with Gasteiger partial charge in [-0.2, -0.15) is 0 Å². The average Bonchev–Trinajstić information content (AvgIpc) is 2.87. The molecule has 7 heteroatoms. The summed E-state index contributed by atoms with van der Waals surface area (Å²) in [6.07, 6.45) is 5.43. The Morgan fingerprint density at radius 1 is 0.829 bits per heavy atom. The lowest BCUT2D eigenvalue weighted by Crippen LogP contribution is -2.24. The van der Waals surface area contributed by atoms with E-state index in [0.29, 0.717) is 43.4 Å². The molecule has 0 aromatic heterocycles. The van der Waals surface area contributed by atoms with E-state index in [1.165, 1.54) is 12.1 Å². The normalized spacial score (nSPS) is 24.7. The molecule has 0 N–H and O–H groups in total. The summed E-state index contributed by atoms with van der Waals surface area (Å²) < 4.78 is 60.2. The number of ether oxygens (including phenoxy) is 3. The highest BCUT2D eigenvalue weighted by Crippen LogP contribution is 2.40. The largest absolute Gasteiger partial charge is 0.491 e. The van der Waals surface area contributed by atoms with Crippen molar-refractivity contribution in [2.45, 2.75) is 82.3 Å². The zero-order valence-electron chi connectivity index (χ0n) is 20.3. The van der Waals surface area contributed by atoms with Crippen LogP contribution in [0.25, 0.3) is 0 Å². The van der Waals surface area contributed by atoms with Crippen LogP contribution in [0.15, 0.2) is 30.3 Å². The monoisotopic (exact) mass is 490 g/mol. The molecule has 0 aliphatic heterocycles. The zero-order valence-corrected chi connectivity index (χ0v) is 20.3. The van der Waals surface area contributed by atoms with Crippen molar-refractivity contribution >= 4 is 5.97 Å². The van der Waals surface area contributed by atoms with Gasteiger partial charge in [0.2, 0.25) is 0 Å². The van der Waals surface area contributed by atoms with Gasteiger partial charge in [0.15, 0.2) is 23.2 Å². The Morgan fingerprint density at radius 3 is 1.86 bits per heavy atom. The molecule has 2 aliphatic carbocycles. The number of rotatable bonds is 7. The highest BCUT2D eigenvalue weighted by atomic mass is 19.2. The summed E-state index contributed by atoms with van der Waals surface area (Å²) >= 11 is 0. The maximum atomic E-state index is 15.1. The molecule has 190 valence electrons. The fourth-order valence-corrected chi connectivity index (χ4v) is 5.43. The minimum absolute atomic E-state index is 0.0209. The summed E-state index contributed by atoms with van der Waals surface area (Å²) in [4.78, 5) is 12.5. The Labute approximate surface area is 204 Å². The molecular formula is C28H33F3O4. The lowest BCUT2D eigenvalue weighted by molar-refractivity contribution is 0.0193. The molecular weight excluding hydrogens is 457 g/mol. The predicted molar refractivity (Wildman–Crippen MR) is 126 cm³/mol. The second kappa shape index (κ2) is 11.5. The van der Waals surface area contributed by atoms with Crippen molar-refractivity contribution in [3.05, 3.63) is 64.5 Å². The maximum absolute atomic E-state index is 15.1. The number of esters is 1. The summed E-state index contributed by atoms with van der Waals surface area (Å²) in [7, 11) is 1.69. The average molecular weight is 491 g/mol. The molecule has 2 fully saturated rings. The fourth-order valence-electron chi connectivity index (χ4n) is 5.43. The molecule has 4 nitrogen and oxygen atoms in total. The van der Waals surface area contributed by atoms with E-state index in [9.17, 15) is 9.18 Å². The smallest absolute Gasteiger partial charge is 0.338 e. The molecule has 2 saturated carbocycles. The maximum Gasteiger partial charge on any atom is 0.338 e. The SMILES string of the molecule is CCOc1ccc(C(=O)OC2CCC(c3ccc(C4CCC(OC)CC4)c(F)c3F)CC2)cc1F. The molecule has 0 saturated heterocycles.